The van der Waals surface area contributed by atoms with Crippen LogP contribution in [0.3, 0.4) is 0 Å². The molecule has 0 spiro atoms. The molecule has 0 radical (unpaired) electrons. The Labute approximate surface area is 246 Å². The van der Waals surface area contributed by atoms with Crippen LogP contribution in [0.2, 0.25) is 0 Å². The molecule has 2 rings (SSSR count). The molecule has 236 valence electrons. The minimum atomic E-state index is -3.91. The Morgan fingerprint density at radius 3 is 2.12 bits per heavy atom. The van der Waals surface area contributed by atoms with Gasteiger partial charge in [0.25, 0.3) is 0 Å². The number of hydrogen-bond acceptors (Lipinski definition) is 9. The molecule has 0 aliphatic heterocycles. The molecule has 2 heterocycles. The van der Waals surface area contributed by atoms with Crippen LogP contribution in [0.1, 0.15) is 103 Å². The number of aromatic nitrogens is 4. The van der Waals surface area contributed by atoms with Crippen molar-refractivity contribution in [2.75, 3.05) is 45.6 Å². The van der Waals surface area contributed by atoms with Crippen LogP contribution in [0.15, 0.2) is 12.7 Å². The molecule has 2 aromatic rings. The van der Waals surface area contributed by atoms with Crippen molar-refractivity contribution in [1.82, 2.24) is 19.5 Å². The van der Waals surface area contributed by atoms with E-state index in [0.717, 1.165) is 13.0 Å². The molecule has 0 saturated heterocycles. The standard InChI is InChI=1S/C29H54N5O6P/c1-3-4-5-6-7-8-9-10-11-12-13-14-15-16-18-38-19-17-20-40-41(35,36)25-39-26(22-37-2)21-34-24-33-27-28(30)31-23-32-29(27)34/h23-24,26H,3-22,25H2,1-2H3,(H,35,36)(H2,30,31,32)/t26-/m0/s1. The number of unbranched alkanes of at least 4 members (excludes halogenated alkanes) is 13. The zero-order chi connectivity index (χ0) is 29.6. The van der Waals surface area contributed by atoms with Crippen LogP contribution < -0.4 is 5.73 Å². The third-order valence-electron chi connectivity index (χ3n) is 7.02. The Morgan fingerprint density at radius 2 is 1.49 bits per heavy atom. The molecule has 0 saturated carbocycles. The van der Waals surface area contributed by atoms with Gasteiger partial charge < -0.3 is 33.9 Å². The number of fused-ring (bicyclic) bond motifs is 1. The average Bonchev–Trinajstić information content (AvgIpc) is 3.37. The summed E-state index contributed by atoms with van der Waals surface area (Å²) in [7, 11) is -2.37. The number of anilines is 1. The zero-order valence-electron chi connectivity index (χ0n) is 25.4. The lowest BCUT2D eigenvalue weighted by Gasteiger charge is -2.20. The minimum absolute atomic E-state index is 0.132. The van der Waals surface area contributed by atoms with Crippen LogP contribution in [0.25, 0.3) is 11.2 Å². The average molecular weight is 600 g/mol. The first-order chi connectivity index (χ1) is 20.0. The van der Waals surface area contributed by atoms with E-state index in [-0.39, 0.29) is 19.0 Å². The minimum Gasteiger partial charge on any atom is -0.382 e. The van der Waals surface area contributed by atoms with E-state index in [2.05, 4.69) is 21.9 Å². The van der Waals surface area contributed by atoms with E-state index in [4.69, 9.17) is 24.5 Å². The molecule has 0 aliphatic rings. The number of nitrogen functional groups attached to an aromatic ring is 1. The summed E-state index contributed by atoms with van der Waals surface area (Å²) in [5, 5.41) is 0. The highest BCUT2D eigenvalue weighted by atomic mass is 31.2. The summed E-state index contributed by atoms with van der Waals surface area (Å²) < 4.78 is 35.9. The second kappa shape index (κ2) is 22.0. The van der Waals surface area contributed by atoms with E-state index in [1.165, 1.54) is 96.9 Å². The van der Waals surface area contributed by atoms with Crippen LogP contribution in [-0.4, -0.2) is 70.4 Å². The van der Waals surface area contributed by atoms with Gasteiger partial charge in [0.2, 0.25) is 0 Å². The third-order valence-corrected chi connectivity index (χ3v) is 8.09. The fourth-order valence-electron chi connectivity index (χ4n) is 4.70. The zero-order valence-corrected chi connectivity index (χ0v) is 26.3. The van der Waals surface area contributed by atoms with Gasteiger partial charge in [0, 0.05) is 20.3 Å². The predicted molar refractivity (Wildman–Crippen MR) is 163 cm³/mol. The Hall–Kier alpha value is -1.62. The number of hydrogen-bond donors (Lipinski definition) is 2. The normalized spacial score (nSPS) is 14.0. The Balaban J connectivity index is 1.45. The molecule has 0 amide bonds. The van der Waals surface area contributed by atoms with E-state index < -0.39 is 20.0 Å². The van der Waals surface area contributed by atoms with E-state index in [9.17, 15) is 9.46 Å². The molecule has 2 aromatic heterocycles. The summed E-state index contributed by atoms with van der Waals surface area (Å²) in [6, 6.07) is 0. The van der Waals surface area contributed by atoms with E-state index in [1.807, 2.05) is 0 Å². The third kappa shape index (κ3) is 16.0. The SMILES string of the molecule is CCCCCCCCCCCCCCCCOCCCOP(=O)(O)CO[C@H](COC)Cn1cnc2c(N)ncnc21. The number of ether oxygens (including phenoxy) is 3. The molecule has 0 bridgehead atoms. The molecule has 1 unspecified atom stereocenters. The first kappa shape index (κ1) is 35.6. The lowest BCUT2D eigenvalue weighted by Crippen LogP contribution is -2.26. The van der Waals surface area contributed by atoms with Gasteiger partial charge in [0.15, 0.2) is 11.5 Å². The van der Waals surface area contributed by atoms with Crippen molar-refractivity contribution in [2.45, 2.75) is 116 Å². The van der Waals surface area contributed by atoms with Gasteiger partial charge in [0.05, 0.1) is 32.2 Å². The molecule has 0 aromatic carbocycles. The van der Waals surface area contributed by atoms with Crippen molar-refractivity contribution < 1.29 is 28.2 Å². The smallest absolute Gasteiger partial charge is 0.353 e. The summed E-state index contributed by atoms with van der Waals surface area (Å²) in [5.41, 5.74) is 6.89. The summed E-state index contributed by atoms with van der Waals surface area (Å²) >= 11 is 0. The molecular weight excluding hydrogens is 545 g/mol. The second-order valence-corrected chi connectivity index (χ2v) is 12.5. The lowest BCUT2D eigenvalue weighted by molar-refractivity contribution is 0.00219. The number of rotatable bonds is 27. The highest BCUT2D eigenvalue weighted by Gasteiger charge is 2.23. The maximum atomic E-state index is 12.4. The topological polar surface area (TPSA) is 144 Å². The van der Waals surface area contributed by atoms with Crippen molar-refractivity contribution in [3.63, 3.8) is 0 Å². The van der Waals surface area contributed by atoms with Crippen molar-refractivity contribution in [1.29, 1.82) is 0 Å². The summed E-state index contributed by atoms with van der Waals surface area (Å²) in [6.45, 7) is 4.15. The van der Waals surface area contributed by atoms with Gasteiger partial charge in [-0.3, -0.25) is 4.57 Å². The van der Waals surface area contributed by atoms with Gasteiger partial charge >= 0.3 is 7.60 Å². The second-order valence-electron chi connectivity index (χ2n) is 10.7. The van der Waals surface area contributed by atoms with Crippen molar-refractivity contribution in [2.24, 2.45) is 0 Å². The number of nitrogens with zero attached hydrogens (tertiary/aromatic N) is 4. The molecule has 0 aliphatic carbocycles. The van der Waals surface area contributed by atoms with E-state index in [0.29, 0.717) is 30.7 Å². The lowest BCUT2D eigenvalue weighted by atomic mass is 10.0. The number of methoxy groups -OCH3 is 1. The fraction of sp³-hybridized carbons (Fsp3) is 0.828. The van der Waals surface area contributed by atoms with Gasteiger partial charge in [-0.2, -0.15) is 0 Å². The fourth-order valence-corrected chi connectivity index (χ4v) is 5.59. The van der Waals surface area contributed by atoms with Gasteiger partial charge in [-0.15, -0.1) is 0 Å². The van der Waals surface area contributed by atoms with Gasteiger partial charge in [-0.25, -0.2) is 15.0 Å². The van der Waals surface area contributed by atoms with Crippen molar-refractivity contribution in [3.8, 4) is 0 Å². The van der Waals surface area contributed by atoms with Crippen LogP contribution in [0.5, 0.6) is 0 Å². The molecule has 0 fully saturated rings. The number of nitrogens with two attached hydrogens (primary N) is 1. The Morgan fingerprint density at radius 1 is 0.878 bits per heavy atom. The highest BCUT2D eigenvalue weighted by Crippen LogP contribution is 2.42. The summed E-state index contributed by atoms with van der Waals surface area (Å²) in [6.07, 6.45) is 21.2. The monoisotopic (exact) mass is 599 g/mol. The maximum Gasteiger partial charge on any atom is 0.353 e. The molecular formula is C29H54N5O6P. The Kier molecular flexibility index (Phi) is 19.1. The molecule has 11 nitrogen and oxygen atoms in total. The highest BCUT2D eigenvalue weighted by molar-refractivity contribution is 7.52. The summed E-state index contributed by atoms with van der Waals surface area (Å²) in [5.74, 6) is 0.287. The van der Waals surface area contributed by atoms with Gasteiger partial charge in [-0.1, -0.05) is 90.4 Å². The quantitative estimate of drug-likeness (QED) is 0.0864. The van der Waals surface area contributed by atoms with Gasteiger partial charge in [0.1, 0.15) is 18.2 Å². The van der Waals surface area contributed by atoms with Crippen molar-refractivity contribution >= 4 is 24.6 Å². The van der Waals surface area contributed by atoms with Crippen molar-refractivity contribution in [3.05, 3.63) is 12.7 Å². The van der Waals surface area contributed by atoms with Crippen LogP contribution in [0, 0.1) is 0 Å². The van der Waals surface area contributed by atoms with Crippen LogP contribution >= 0.6 is 7.60 Å². The van der Waals surface area contributed by atoms with E-state index in [1.54, 1.807) is 10.9 Å². The Bertz CT molecular complexity index is 978. The maximum absolute atomic E-state index is 12.4. The molecule has 2 atom stereocenters. The first-order valence-corrected chi connectivity index (χ1v) is 17.3. The first-order valence-electron chi connectivity index (χ1n) is 15.5. The largest absolute Gasteiger partial charge is 0.382 e. The van der Waals surface area contributed by atoms with Crippen LogP contribution in [0.4, 0.5) is 5.82 Å². The summed E-state index contributed by atoms with van der Waals surface area (Å²) in [4.78, 5) is 22.5. The molecule has 3 N–H and O–H groups in total. The molecule has 41 heavy (non-hydrogen) atoms. The molecule has 12 heteroatoms. The predicted octanol–water partition coefficient (Wildman–Crippen LogP) is 6.49. The van der Waals surface area contributed by atoms with Crippen LogP contribution in [-0.2, 0) is 29.8 Å². The van der Waals surface area contributed by atoms with E-state index >= 15 is 0 Å². The number of imidazole rings is 1. The van der Waals surface area contributed by atoms with Gasteiger partial charge in [-0.05, 0) is 12.8 Å².